The summed E-state index contributed by atoms with van der Waals surface area (Å²) in [5.74, 6) is -1.85. The van der Waals surface area contributed by atoms with Gasteiger partial charge >= 0.3 is 5.97 Å². The Morgan fingerprint density at radius 3 is 2.17 bits per heavy atom. The van der Waals surface area contributed by atoms with Gasteiger partial charge in [-0.2, -0.15) is 0 Å². The average Bonchev–Trinajstić information content (AvgIpc) is 2.79. The van der Waals surface area contributed by atoms with Crippen LogP contribution in [0.25, 0.3) is 0 Å². The van der Waals surface area contributed by atoms with Gasteiger partial charge in [-0.15, -0.1) is 5.06 Å². The highest BCUT2D eigenvalue weighted by atomic mass is 16.7. The Hall–Kier alpha value is -2.70. The monoisotopic (exact) mass is 318 g/mol. The molecule has 1 heterocycles. The smallest absolute Gasteiger partial charge is 0.363 e. The van der Waals surface area contributed by atoms with Crippen molar-refractivity contribution < 1.29 is 24.0 Å². The third-order valence-electron chi connectivity index (χ3n) is 3.25. The molecule has 1 aromatic rings. The lowest BCUT2D eigenvalue weighted by molar-refractivity contribution is -0.530. The van der Waals surface area contributed by atoms with Crippen LogP contribution in [0.4, 0.5) is 0 Å². The van der Waals surface area contributed by atoms with Crippen molar-refractivity contribution >= 4 is 24.0 Å². The number of hydrogen-bond acceptors (Lipinski definition) is 5. The summed E-state index contributed by atoms with van der Waals surface area (Å²) < 4.78 is 0.821. The van der Waals surface area contributed by atoms with Gasteiger partial charge in [0.15, 0.2) is 11.8 Å². The van der Waals surface area contributed by atoms with E-state index in [1.807, 2.05) is 0 Å². The SMILES string of the molecule is CC(C)(C)/[N+]([O-])=C/c1ccc(C(=O)ON2C(=O)CCC2=O)cc1. The molecule has 0 N–H and O–H groups in total. The number of nitrogens with zero attached hydrogens (tertiary/aromatic N) is 2. The first-order chi connectivity index (χ1) is 10.7. The molecule has 7 nitrogen and oxygen atoms in total. The van der Waals surface area contributed by atoms with Gasteiger partial charge in [0.2, 0.25) is 0 Å². The zero-order valence-electron chi connectivity index (χ0n) is 13.2. The first kappa shape index (κ1) is 16.7. The Balaban J connectivity index is 2.09. The third-order valence-corrected chi connectivity index (χ3v) is 3.25. The maximum atomic E-state index is 11.9. The summed E-state index contributed by atoms with van der Waals surface area (Å²) in [6, 6.07) is 6.10. The summed E-state index contributed by atoms with van der Waals surface area (Å²) >= 11 is 0. The Kier molecular flexibility index (Phi) is 4.49. The Labute approximate surface area is 133 Å². The summed E-state index contributed by atoms with van der Waals surface area (Å²) in [4.78, 5) is 39.6. The Bertz CT molecular complexity index is 655. The van der Waals surface area contributed by atoms with Crippen molar-refractivity contribution in [2.45, 2.75) is 39.2 Å². The van der Waals surface area contributed by atoms with Crippen LogP contribution >= 0.6 is 0 Å². The average molecular weight is 318 g/mol. The predicted molar refractivity (Wildman–Crippen MR) is 81.5 cm³/mol. The molecule has 0 atom stereocenters. The maximum absolute atomic E-state index is 11.9. The molecule has 0 aliphatic carbocycles. The molecule has 7 heteroatoms. The minimum atomic E-state index is -0.796. The fraction of sp³-hybridized carbons (Fsp3) is 0.375. The van der Waals surface area contributed by atoms with Gasteiger partial charge in [0.05, 0.1) is 5.56 Å². The molecule has 2 amide bonds. The summed E-state index contributed by atoms with van der Waals surface area (Å²) in [6.07, 6.45) is 1.51. The zero-order valence-corrected chi connectivity index (χ0v) is 13.2. The molecule has 2 rings (SSSR count). The molecule has 122 valence electrons. The molecule has 1 aliphatic heterocycles. The van der Waals surface area contributed by atoms with Gasteiger partial charge in [-0.1, -0.05) is 0 Å². The van der Waals surface area contributed by atoms with Crippen LogP contribution in [-0.4, -0.2) is 39.3 Å². The van der Waals surface area contributed by atoms with E-state index >= 15 is 0 Å². The number of imide groups is 1. The Morgan fingerprint density at radius 2 is 1.70 bits per heavy atom. The van der Waals surface area contributed by atoms with Gasteiger partial charge in [-0.3, -0.25) is 9.59 Å². The molecule has 0 saturated carbocycles. The van der Waals surface area contributed by atoms with Crippen molar-refractivity contribution in [2.24, 2.45) is 0 Å². The largest absolute Gasteiger partial charge is 0.623 e. The summed E-state index contributed by atoms with van der Waals surface area (Å²) in [6.45, 7) is 5.35. The second-order valence-corrected chi connectivity index (χ2v) is 6.21. The lowest BCUT2D eigenvalue weighted by atomic mass is 10.1. The summed E-state index contributed by atoms with van der Waals surface area (Å²) in [5, 5.41) is 12.3. The number of carbonyl (C=O) groups is 3. The van der Waals surface area contributed by atoms with Crippen molar-refractivity contribution in [3.63, 3.8) is 0 Å². The molecule has 0 aromatic heterocycles. The number of hydrogen-bond donors (Lipinski definition) is 0. The van der Waals surface area contributed by atoms with Gasteiger partial charge in [0.25, 0.3) is 11.8 Å². The van der Waals surface area contributed by atoms with Gasteiger partial charge in [-0.25, -0.2) is 9.53 Å². The highest BCUT2D eigenvalue weighted by molar-refractivity contribution is 6.02. The fourth-order valence-electron chi connectivity index (χ4n) is 1.83. The zero-order chi connectivity index (χ0) is 17.2. The van der Waals surface area contributed by atoms with E-state index in [9.17, 15) is 19.6 Å². The standard InChI is InChI=1S/C16H18N2O5/c1-16(2,3)17(22)10-11-4-6-12(7-5-11)15(21)23-18-13(19)8-9-14(18)20/h4-7,10H,8-9H2,1-3H3/b17-10-. The van der Waals surface area contributed by atoms with Gasteiger partial charge in [-0.05, 0) is 24.3 Å². The molecule has 1 aromatic carbocycles. The van der Waals surface area contributed by atoms with E-state index in [2.05, 4.69) is 0 Å². The van der Waals surface area contributed by atoms with Crippen LogP contribution in [0.3, 0.4) is 0 Å². The quantitative estimate of drug-likeness (QED) is 0.278. The highest BCUT2D eigenvalue weighted by Gasteiger charge is 2.33. The number of benzene rings is 1. The van der Waals surface area contributed by atoms with E-state index in [0.29, 0.717) is 10.6 Å². The van der Waals surface area contributed by atoms with E-state index in [4.69, 9.17) is 4.84 Å². The van der Waals surface area contributed by atoms with E-state index in [0.717, 1.165) is 4.74 Å². The van der Waals surface area contributed by atoms with Crippen LogP contribution in [0, 0.1) is 5.21 Å². The van der Waals surface area contributed by atoms with Gasteiger partial charge < -0.3 is 10.0 Å². The molecule has 0 bridgehead atoms. The number of amides is 2. The number of carbonyl (C=O) groups excluding carboxylic acids is 3. The van der Waals surface area contributed by atoms with Crippen LogP contribution in [0.2, 0.25) is 0 Å². The lowest BCUT2D eigenvalue weighted by Crippen LogP contribution is -2.32. The topological polar surface area (TPSA) is 89.8 Å². The second-order valence-electron chi connectivity index (χ2n) is 6.21. The second kappa shape index (κ2) is 6.20. The summed E-state index contributed by atoms with van der Waals surface area (Å²) in [7, 11) is 0. The van der Waals surface area contributed by atoms with Gasteiger partial charge in [0, 0.05) is 39.2 Å². The molecule has 1 aliphatic rings. The van der Waals surface area contributed by atoms with E-state index in [1.165, 1.54) is 18.3 Å². The molecule has 1 fully saturated rings. The number of rotatable bonds is 3. The van der Waals surface area contributed by atoms with Crippen molar-refractivity contribution in [1.29, 1.82) is 0 Å². The minimum Gasteiger partial charge on any atom is -0.623 e. The molecule has 1 saturated heterocycles. The maximum Gasteiger partial charge on any atom is 0.363 e. The Morgan fingerprint density at radius 1 is 1.17 bits per heavy atom. The van der Waals surface area contributed by atoms with Crippen LogP contribution < -0.4 is 0 Å². The van der Waals surface area contributed by atoms with Crippen LogP contribution in [-0.2, 0) is 14.4 Å². The van der Waals surface area contributed by atoms with Crippen molar-refractivity contribution in [1.82, 2.24) is 5.06 Å². The van der Waals surface area contributed by atoms with Crippen LogP contribution in [0.15, 0.2) is 24.3 Å². The third kappa shape index (κ3) is 3.94. The summed E-state index contributed by atoms with van der Waals surface area (Å²) in [5.41, 5.74) is 0.247. The van der Waals surface area contributed by atoms with Crippen LogP contribution in [0.1, 0.15) is 49.5 Å². The molecular weight excluding hydrogens is 300 g/mol. The molecule has 23 heavy (non-hydrogen) atoms. The fourth-order valence-corrected chi connectivity index (χ4v) is 1.83. The molecule has 0 unspecified atom stereocenters. The molecular formula is C16H18N2O5. The molecule has 0 spiro atoms. The van der Waals surface area contributed by atoms with Crippen molar-refractivity contribution in [3.8, 4) is 0 Å². The lowest BCUT2D eigenvalue weighted by Gasteiger charge is -2.18. The van der Waals surface area contributed by atoms with E-state index in [1.54, 1.807) is 32.9 Å². The minimum absolute atomic E-state index is 0.0478. The van der Waals surface area contributed by atoms with Crippen molar-refractivity contribution in [3.05, 3.63) is 40.6 Å². The van der Waals surface area contributed by atoms with E-state index < -0.39 is 23.3 Å². The van der Waals surface area contributed by atoms with Gasteiger partial charge in [0.1, 0.15) is 0 Å². The predicted octanol–water partition coefficient (Wildman–Crippen LogP) is 1.64. The first-order valence-electron chi connectivity index (χ1n) is 7.18. The normalized spacial score (nSPS) is 16.0. The van der Waals surface area contributed by atoms with Crippen LogP contribution in [0.5, 0.6) is 0 Å². The first-order valence-corrected chi connectivity index (χ1v) is 7.18. The van der Waals surface area contributed by atoms with Crippen molar-refractivity contribution in [2.75, 3.05) is 0 Å². The number of hydroxylamine groups is 3. The highest BCUT2D eigenvalue weighted by Crippen LogP contribution is 2.14. The van der Waals surface area contributed by atoms with E-state index in [-0.39, 0.29) is 18.4 Å². The molecule has 0 radical (unpaired) electrons.